The van der Waals surface area contributed by atoms with Crippen LogP contribution in [-0.2, 0) is 4.74 Å². The van der Waals surface area contributed by atoms with E-state index in [0.717, 1.165) is 19.3 Å². The third-order valence-electron chi connectivity index (χ3n) is 2.72. The number of carbonyl (C=O) groups is 1. The van der Waals surface area contributed by atoms with Crippen LogP contribution in [0.4, 0.5) is 5.69 Å². The number of ether oxygens (including phenoxy) is 1. The smallest absolute Gasteiger partial charge is 0.300 e. The molecule has 0 atom stereocenters. The minimum atomic E-state index is -0.643. The summed E-state index contributed by atoms with van der Waals surface area (Å²) in [5.41, 5.74) is -0.370. The van der Waals surface area contributed by atoms with E-state index < -0.39 is 10.8 Å². The summed E-state index contributed by atoms with van der Waals surface area (Å²) in [5, 5.41) is 13.5. The fraction of sp³-hybridized carbons (Fsp3) is 0.462. The number of para-hydroxylation sites is 1. The van der Waals surface area contributed by atoms with E-state index in [2.05, 4.69) is 5.32 Å². The van der Waals surface area contributed by atoms with Gasteiger partial charge in [-0.05, 0) is 31.4 Å². The SMILES string of the molecule is COCCCCCNC(=O)c1cccc(Cl)c1[N+](=O)[O-]. The molecular weight excluding hydrogens is 284 g/mol. The lowest BCUT2D eigenvalue weighted by atomic mass is 10.1. The van der Waals surface area contributed by atoms with Crippen LogP contribution in [0.1, 0.15) is 29.6 Å². The van der Waals surface area contributed by atoms with Gasteiger partial charge in [-0.3, -0.25) is 14.9 Å². The van der Waals surface area contributed by atoms with Gasteiger partial charge in [0.25, 0.3) is 5.91 Å². The van der Waals surface area contributed by atoms with Gasteiger partial charge in [-0.1, -0.05) is 17.7 Å². The van der Waals surface area contributed by atoms with E-state index in [9.17, 15) is 14.9 Å². The van der Waals surface area contributed by atoms with E-state index in [0.29, 0.717) is 13.2 Å². The van der Waals surface area contributed by atoms with Crippen molar-refractivity contribution in [1.29, 1.82) is 0 Å². The Morgan fingerprint density at radius 3 is 2.80 bits per heavy atom. The third-order valence-corrected chi connectivity index (χ3v) is 3.03. The van der Waals surface area contributed by atoms with Gasteiger partial charge in [0.2, 0.25) is 0 Å². The summed E-state index contributed by atoms with van der Waals surface area (Å²) in [5.74, 6) is -0.481. The highest BCUT2D eigenvalue weighted by atomic mass is 35.5. The zero-order valence-electron chi connectivity index (χ0n) is 11.2. The summed E-state index contributed by atoms with van der Waals surface area (Å²) in [7, 11) is 1.64. The normalized spacial score (nSPS) is 10.3. The predicted molar refractivity (Wildman–Crippen MR) is 76.2 cm³/mol. The van der Waals surface area contributed by atoms with E-state index in [1.807, 2.05) is 0 Å². The van der Waals surface area contributed by atoms with Crippen molar-refractivity contribution in [1.82, 2.24) is 5.32 Å². The number of halogens is 1. The molecule has 1 aromatic carbocycles. The number of rotatable bonds is 8. The number of unbranched alkanes of at least 4 members (excludes halogenated alkanes) is 2. The largest absolute Gasteiger partial charge is 0.385 e. The van der Waals surface area contributed by atoms with Crippen LogP contribution in [0.3, 0.4) is 0 Å². The van der Waals surface area contributed by atoms with Crippen molar-refractivity contribution in [2.75, 3.05) is 20.3 Å². The molecule has 1 rings (SSSR count). The molecular formula is C13H17ClN2O4. The van der Waals surface area contributed by atoms with Crippen molar-refractivity contribution in [3.8, 4) is 0 Å². The van der Waals surface area contributed by atoms with E-state index >= 15 is 0 Å². The number of nitro benzene ring substituents is 1. The number of amides is 1. The molecule has 0 radical (unpaired) electrons. The average molecular weight is 301 g/mol. The molecule has 1 N–H and O–H groups in total. The second-order valence-electron chi connectivity index (χ2n) is 4.20. The third kappa shape index (κ3) is 4.79. The van der Waals surface area contributed by atoms with Crippen molar-refractivity contribution in [3.63, 3.8) is 0 Å². The molecule has 110 valence electrons. The molecule has 0 saturated carbocycles. The first kappa shape index (κ1) is 16.4. The Morgan fingerprint density at radius 2 is 2.15 bits per heavy atom. The molecule has 0 aliphatic carbocycles. The number of nitrogens with zero attached hydrogens (tertiary/aromatic N) is 1. The quantitative estimate of drug-likeness (QED) is 0.455. The van der Waals surface area contributed by atoms with Crippen LogP contribution in [0.5, 0.6) is 0 Å². The first-order valence-electron chi connectivity index (χ1n) is 6.28. The highest BCUT2D eigenvalue weighted by Gasteiger charge is 2.23. The first-order chi connectivity index (χ1) is 9.57. The number of carbonyl (C=O) groups excluding carboxylic acids is 1. The monoisotopic (exact) mass is 300 g/mol. The summed E-state index contributed by atoms with van der Waals surface area (Å²) < 4.78 is 4.92. The molecule has 0 aromatic heterocycles. The molecule has 6 nitrogen and oxygen atoms in total. The molecule has 0 spiro atoms. The number of benzene rings is 1. The standard InChI is InChI=1S/C13H17ClN2O4/c1-20-9-4-2-3-8-15-13(17)10-6-5-7-11(14)12(10)16(18)19/h5-7H,2-4,8-9H2,1H3,(H,15,17). The Kier molecular flexibility index (Phi) is 6.97. The van der Waals surface area contributed by atoms with Gasteiger partial charge in [0, 0.05) is 20.3 Å². The number of nitrogens with one attached hydrogen (secondary N) is 1. The first-order valence-corrected chi connectivity index (χ1v) is 6.65. The maximum atomic E-state index is 11.9. The van der Waals surface area contributed by atoms with Gasteiger partial charge >= 0.3 is 5.69 Å². The molecule has 7 heteroatoms. The predicted octanol–water partition coefficient (Wildman–Crippen LogP) is 2.79. The Bertz CT molecular complexity index is 479. The molecule has 20 heavy (non-hydrogen) atoms. The summed E-state index contributed by atoms with van der Waals surface area (Å²) >= 11 is 5.75. The fourth-order valence-electron chi connectivity index (χ4n) is 1.73. The van der Waals surface area contributed by atoms with Crippen molar-refractivity contribution >= 4 is 23.2 Å². The number of methoxy groups -OCH3 is 1. The number of hydrogen-bond donors (Lipinski definition) is 1. The lowest BCUT2D eigenvalue weighted by Crippen LogP contribution is -2.25. The van der Waals surface area contributed by atoms with Crippen LogP contribution in [0.15, 0.2) is 18.2 Å². The topological polar surface area (TPSA) is 81.5 Å². The minimum Gasteiger partial charge on any atom is -0.385 e. The van der Waals surface area contributed by atoms with Gasteiger partial charge in [-0.25, -0.2) is 0 Å². The molecule has 1 amide bonds. The van der Waals surface area contributed by atoms with Crippen molar-refractivity contribution in [2.45, 2.75) is 19.3 Å². The van der Waals surface area contributed by atoms with Crippen LogP contribution in [-0.4, -0.2) is 31.1 Å². The van der Waals surface area contributed by atoms with Gasteiger partial charge in [0.1, 0.15) is 10.6 Å². The Labute approximate surface area is 122 Å². The summed E-state index contributed by atoms with van der Waals surface area (Å²) in [4.78, 5) is 22.2. The maximum Gasteiger partial charge on any atom is 0.300 e. The van der Waals surface area contributed by atoms with Gasteiger partial charge in [-0.2, -0.15) is 0 Å². The van der Waals surface area contributed by atoms with E-state index in [-0.39, 0.29) is 16.3 Å². The summed E-state index contributed by atoms with van der Waals surface area (Å²) in [6.45, 7) is 1.15. The van der Waals surface area contributed by atoms with Crippen LogP contribution < -0.4 is 5.32 Å². The zero-order valence-corrected chi connectivity index (χ0v) is 12.0. The fourth-order valence-corrected chi connectivity index (χ4v) is 1.97. The van der Waals surface area contributed by atoms with Crippen LogP contribution in [0, 0.1) is 10.1 Å². The van der Waals surface area contributed by atoms with Gasteiger partial charge in [0.15, 0.2) is 0 Å². The Hall–Kier alpha value is -1.66. The Balaban J connectivity index is 2.56. The molecule has 0 bridgehead atoms. The van der Waals surface area contributed by atoms with Crippen molar-refractivity contribution < 1.29 is 14.5 Å². The van der Waals surface area contributed by atoms with Gasteiger partial charge in [0.05, 0.1) is 4.92 Å². The lowest BCUT2D eigenvalue weighted by molar-refractivity contribution is -0.385. The summed E-state index contributed by atoms with van der Waals surface area (Å²) in [6, 6.07) is 4.30. The van der Waals surface area contributed by atoms with Gasteiger partial charge in [-0.15, -0.1) is 0 Å². The lowest BCUT2D eigenvalue weighted by Gasteiger charge is -2.06. The number of nitro groups is 1. The zero-order chi connectivity index (χ0) is 15.0. The summed E-state index contributed by atoms with van der Waals surface area (Å²) in [6.07, 6.45) is 2.64. The van der Waals surface area contributed by atoms with Crippen LogP contribution in [0.25, 0.3) is 0 Å². The molecule has 0 unspecified atom stereocenters. The van der Waals surface area contributed by atoms with E-state index in [1.54, 1.807) is 7.11 Å². The molecule has 1 aromatic rings. The second-order valence-corrected chi connectivity index (χ2v) is 4.61. The Morgan fingerprint density at radius 1 is 1.40 bits per heavy atom. The van der Waals surface area contributed by atoms with E-state index in [4.69, 9.17) is 16.3 Å². The van der Waals surface area contributed by atoms with Crippen molar-refractivity contribution in [2.24, 2.45) is 0 Å². The highest BCUT2D eigenvalue weighted by molar-refractivity contribution is 6.33. The van der Waals surface area contributed by atoms with E-state index in [1.165, 1.54) is 18.2 Å². The van der Waals surface area contributed by atoms with Crippen LogP contribution >= 0.6 is 11.6 Å². The van der Waals surface area contributed by atoms with Crippen molar-refractivity contribution in [3.05, 3.63) is 38.9 Å². The highest BCUT2D eigenvalue weighted by Crippen LogP contribution is 2.27. The second kappa shape index (κ2) is 8.50. The van der Waals surface area contributed by atoms with Crippen LogP contribution in [0.2, 0.25) is 5.02 Å². The maximum absolute atomic E-state index is 11.9. The molecule has 0 aliphatic rings. The molecule has 0 saturated heterocycles. The molecule has 0 aliphatic heterocycles. The molecule has 0 heterocycles. The van der Waals surface area contributed by atoms with Gasteiger partial charge < -0.3 is 10.1 Å². The molecule has 0 fully saturated rings. The average Bonchev–Trinajstić information content (AvgIpc) is 2.41. The number of hydrogen-bond acceptors (Lipinski definition) is 4. The minimum absolute atomic E-state index is 0.0145.